The van der Waals surface area contributed by atoms with Gasteiger partial charge in [-0.3, -0.25) is 4.79 Å². The molecule has 1 heterocycles. The van der Waals surface area contributed by atoms with Gasteiger partial charge in [0, 0.05) is 12.8 Å². The van der Waals surface area contributed by atoms with Crippen LogP contribution in [-0.4, -0.2) is 17.2 Å². The van der Waals surface area contributed by atoms with Gasteiger partial charge in [0.05, 0.1) is 0 Å². The van der Waals surface area contributed by atoms with Gasteiger partial charge in [-0.2, -0.15) is 0 Å². The van der Waals surface area contributed by atoms with E-state index in [1.165, 1.54) is 5.56 Å². The van der Waals surface area contributed by atoms with Crippen LogP contribution in [0.5, 0.6) is 5.75 Å². The highest BCUT2D eigenvalue weighted by molar-refractivity contribution is 5.67. The maximum atomic E-state index is 10.5. The molecule has 0 aromatic heterocycles. The molecule has 16 heavy (non-hydrogen) atoms. The van der Waals surface area contributed by atoms with Crippen molar-refractivity contribution in [3.8, 4) is 5.75 Å². The van der Waals surface area contributed by atoms with E-state index >= 15 is 0 Å². The summed E-state index contributed by atoms with van der Waals surface area (Å²) in [6, 6.07) is 4.11. The van der Waals surface area contributed by atoms with Crippen LogP contribution in [-0.2, 0) is 17.6 Å². The van der Waals surface area contributed by atoms with E-state index in [0.717, 1.165) is 23.3 Å². The minimum Gasteiger partial charge on any atom is -0.490 e. The van der Waals surface area contributed by atoms with E-state index in [9.17, 15) is 4.79 Å². The number of benzene rings is 1. The Bertz CT molecular complexity index is 423. The first-order valence-corrected chi connectivity index (χ1v) is 5.57. The smallest absolute Gasteiger partial charge is 0.303 e. The molecule has 0 fully saturated rings. The quantitative estimate of drug-likeness (QED) is 0.850. The van der Waals surface area contributed by atoms with Crippen LogP contribution in [0.2, 0.25) is 0 Å². The summed E-state index contributed by atoms with van der Waals surface area (Å²) >= 11 is 0. The molecule has 1 aromatic rings. The molecular weight excluding hydrogens is 204 g/mol. The van der Waals surface area contributed by atoms with Crippen molar-refractivity contribution in [3.63, 3.8) is 0 Å². The summed E-state index contributed by atoms with van der Waals surface area (Å²) in [6.45, 7) is 4.07. The number of carboxylic acid groups (broad SMARTS) is 1. The van der Waals surface area contributed by atoms with E-state index in [1.807, 2.05) is 13.0 Å². The fourth-order valence-electron chi connectivity index (χ4n) is 2.20. The lowest BCUT2D eigenvalue weighted by Gasteiger charge is -2.07. The Morgan fingerprint density at radius 3 is 3.00 bits per heavy atom. The lowest BCUT2D eigenvalue weighted by Crippen LogP contribution is -2.05. The van der Waals surface area contributed by atoms with Gasteiger partial charge in [0.15, 0.2) is 0 Å². The minimum absolute atomic E-state index is 0.189. The normalized spacial score (nSPS) is 18.0. The maximum absolute atomic E-state index is 10.5. The summed E-state index contributed by atoms with van der Waals surface area (Å²) in [4.78, 5) is 10.5. The molecule has 1 unspecified atom stereocenters. The van der Waals surface area contributed by atoms with Gasteiger partial charge < -0.3 is 9.84 Å². The van der Waals surface area contributed by atoms with Crippen molar-refractivity contribution in [2.24, 2.45) is 0 Å². The molecule has 3 nitrogen and oxygen atoms in total. The van der Waals surface area contributed by atoms with Gasteiger partial charge in [-0.05, 0) is 37.0 Å². The molecule has 86 valence electrons. The van der Waals surface area contributed by atoms with E-state index < -0.39 is 5.97 Å². The largest absolute Gasteiger partial charge is 0.490 e. The van der Waals surface area contributed by atoms with E-state index in [-0.39, 0.29) is 12.5 Å². The van der Waals surface area contributed by atoms with E-state index in [0.29, 0.717) is 6.42 Å². The molecule has 0 saturated carbocycles. The zero-order chi connectivity index (χ0) is 11.7. The van der Waals surface area contributed by atoms with Gasteiger partial charge in [-0.15, -0.1) is 0 Å². The zero-order valence-electron chi connectivity index (χ0n) is 9.62. The molecule has 1 aliphatic heterocycles. The summed E-state index contributed by atoms with van der Waals surface area (Å²) in [7, 11) is 0. The van der Waals surface area contributed by atoms with E-state index in [1.54, 1.807) is 0 Å². The lowest BCUT2D eigenvalue weighted by molar-refractivity contribution is -0.136. The number of carbonyl (C=O) groups is 1. The van der Waals surface area contributed by atoms with E-state index in [2.05, 4.69) is 13.0 Å². The van der Waals surface area contributed by atoms with Crippen LogP contribution in [0.1, 0.15) is 30.0 Å². The fraction of sp³-hybridized carbons (Fsp3) is 0.462. The SMILES string of the molecule is Cc1cc(CCC(=O)O)cc2c1OC(C)C2. The van der Waals surface area contributed by atoms with Crippen molar-refractivity contribution in [2.75, 3.05) is 0 Å². The van der Waals surface area contributed by atoms with Crippen LogP contribution in [0.4, 0.5) is 0 Å². The molecule has 1 aromatic carbocycles. The standard InChI is InChI=1S/C13H16O3/c1-8-5-10(3-4-12(14)15)7-11-6-9(2)16-13(8)11/h5,7,9H,3-4,6H2,1-2H3,(H,14,15). The van der Waals surface area contributed by atoms with Crippen molar-refractivity contribution in [3.05, 3.63) is 28.8 Å². The predicted octanol–water partition coefficient (Wildman–Crippen LogP) is 2.34. The third kappa shape index (κ3) is 2.18. The second-order valence-corrected chi connectivity index (χ2v) is 4.43. The minimum atomic E-state index is -0.747. The summed E-state index contributed by atoms with van der Waals surface area (Å²) in [6.07, 6.45) is 1.95. The summed E-state index contributed by atoms with van der Waals surface area (Å²) in [5, 5.41) is 8.65. The number of hydrogen-bond donors (Lipinski definition) is 1. The number of aliphatic carboxylic acids is 1. The second kappa shape index (κ2) is 4.16. The van der Waals surface area contributed by atoms with Gasteiger partial charge in [0.2, 0.25) is 0 Å². The van der Waals surface area contributed by atoms with E-state index in [4.69, 9.17) is 9.84 Å². The topological polar surface area (TPSA) is 46.5 Å². The molecule has 3 heteroatoms. The number of aryl methyl sites for hydroxylation is 2. The Morgan fingerprint density at radius 1 is 1.56 bits per heavy atom. The zero-order valence-corrected chi connectivity index (χ0v) is 9.62. The number of carboxylic acids is 1. The summed E-state index contributed by atoms with van der Waals surface area (Å²) < 4.78 is 5.70. The monoisotopic (exact) mass is 220 g/mol. The molecule has 0 spiro atoms. The number of fused-ring (bicyclic) bond motifs is 1. The molecule has 0 bridgehead atoms. The van der Waals surface area contributed by atoms with Gasteiger partial charge in [-0.1, -0.05) is 12.1 Å². The Hall–Kier alpha value is -1.51. The first-order valence-electron chi connectivity index (χ1n) is 5.57. The lowest BCUT2D eigenvalue weighted by atomic mass is 10.0. The van der Waals surface area contributed by atoms with Gasteiger partial charge in [0.25, 0.3) is 0 Å². The molecule has 0 radical (unpaired) electrons. The Morgan fingerprint density at radius 2 is 2.31 bits per heavy atom. The molecule has 1 N–H and O–H groups in total. The molecule has 1 aliphatic rings. The average molecular weight is 220 g/mol. The number of rotatable bonds is 3. The first-order chi connectivity index (χ1) is 7.56. The molecule has 1 atom stereocenters. The number of ether oxygens (including phenoxy) is 1. The van der Waals surface area contributed by atoms with Crippen LogP contribution in [0.25, 0.3) is 0 Å². The van der Waals surface area contributed by atoms with Crippen molar-refractivity contribution in [1.29, 1.82) is 0 Å². The fourth-order valence-corrected chi connectivity index (χ4v) is 2.20. The van der Waals surface area contributed by atoms with Crippen LogP contribution in [0, 0.1) is 6.92 Å². The molecule has 0 aliphatic carbocycles. The Labute approximate surface area is 95.0 Å². The highest BCUT2D eigenvalue weighted by Gasteiger charge is 2.21. The summed E-state index contributed by atoms with van der Waals surface area (Å²) in [5.41, 5.74) is 3.42. The highest BCUT2D eigenvalue weighted by atomic mass is 16.5. The third-order valence-corrected chi connectivity index (χ3v) is 2.87. The van der Waals surface area contributed by atoms with Crippen LogP contribution in [0.15, 0.2) is 12.1 Å². The van der Waals surface area contributed by atoms with Crippen LogP contribution >= 0.6 is 0 Å². The number of hydrogen-bond acceptors (Lipinski definition) is 2. The summed E-state index contributed by atoms with van der Waals surface area (Å²) in [5.74, 6) is 0.245. The molecule has 2 rings (SSSR count). The predicted molar refractivity (Wildman–Crippen MR) is 60.9 cm³/mol. The van der Waals surface area contributed by atoms with Gasteiger partial charge in [0.1, 0.15) is 11.9 Å². The van der Waals surface area contributed by atoms with Crippen LogP contribution < -0.4 is 4.74 Å². The van der Waals surface area contributed by atoms with Gasteiger partial charge in [-0.25, -0.2) is 0 Å². The van der Waals surface area contributed by atoms with Crippen molar-refractivity contribution in [2.45, 2.75) is 39.2 Å². The second-order valence-electron chi connectivity index (χ2n) is 4.43. The van der Waals surface area contributed by atoms with Crippen molar-refractivity contribution < 1.29 is 14.6 Å². The van der Waals surface area contributed by atoms with Crippen LogP contribution in [0.3, 0.4) is 0 Å². The molecule has 0 saturated heterocycles. The van der Waals surface area contributed by atoms with Crippen molar-refractivity contribution >= 4 is 5.97 Å². The maximum Gasteiger partial charge on any atom is 0.303 e. The van der Waals surface area contributed by atoms with Crippen molar-refractivity contribution in [1.82, 2.24) is 0 Å². The molecular formula is C13H16O3. The highest BCUT2D eigenvalue weighted by Crippen LogP contribution is 2.33. The van der Waals surface area contributed by atoms with Gasteiger partial charge >= 0.3 is 5.97 Å². The first kappa shape index (κ1) is 11.0. The Balaban J connectivity index is 2.21. The molecule has 0 amide bonds. The Kier molecular flexibility index (Phi) is 2.86. The third-order valence-electron chi connectivity index (χ3n) is 2.87. The average Bonchev–Trinajstić information content (AvgIpc) is 2.56.